The van der Waals surface area contributed by atoms with Gasteiger partial charge in [0.15, 0.2) is 0 Å². The Kier molecular flexibility index (Phi) is 5.79. The molecule has 2 heterocycles. The van der Waals surface area contributed by atoms with E-state index in [-0.39, 0.29) is 12.3 Å². The summed E-state index contributed by atoms with van der Waals surface area (Å²) in [5.41, 5.74) is 4.33. The Balaban J connectivity index is 1.50. The Bertz CT molecular complexity index is 1130. The number of hydrogen-bond acceptors (Lipinski definition) is 5. The summed E-state index contributed by atoms with van der Waals surface area (Å²) in [6.45, 7) is 2.82. The van der Waals surface area contributed by atoms with E-state index < -0.39 is 0 Å². The SMILES string of the molecule is CCCOc1ccc([C@H]2Oc3ccc(Br)cc3[C@H]3CC(c4ccc(OC)cc4)=NN32)cc1. The van der Waals surface area contributed by atoms with E-state index in [1.165, 1.54) is 0 Å². The van der Waals surface area contributed by atoms with E-state index in [1.807, 2.05) is 36.4 Å². The van der Waals surface area contributed by atoms with Crippen LogP contribution in [0.15, 0.2) is 76.3 Å². The first-order valence-electron chi connectivity index (χ1n) is 10.9. The lowest BCUT2D eigenvalue weighted by atomic mass is 9.96. The van der Waals surface area contributed by atoms with E-state index in [2.05, 4.69) is 58.2 Å². The number of rotatable bonds is 6. The van der Waals surface area contributed by atoms with E-state index in [1.54, 1.807) is 7.11 Å². The van der Waals surface area contributed by atoms with Gasteiger partial charge in [0.1, 0.15) is 17.2 Å². The third-order valence-corrected chi connectivity index (χ3v) is 6.31. The maximum absolute atomic E-state index is 6.47. The maximum atomic E-state index is 6.47. The molecule has 5 nitrogen and oxygen atoms in total. The number of methoxy groups -OCH3 is 1. The second-order valence-corrected chi connectivity index (χ2v) is 8.86. The van der Waals surface area contributed by atoms with Crippen molar-refractivity contribution in [2.45, 2.75) is 32.0 Å². The fraction of sp³-hybridized carbons (Fsp3) is 0.269. The van der Waals surface area contributed by atoms with Crippen molar-refractivity contribution in [3.8, 4) is 17.2 Å². The molecule has 0 spiro atoms. The van der Waals surface area contributed by atoms with Gasteiger partial charge < -0.3 is 14.2 Å². The standard InChI is InChI=1S/C26H25BrN2O3/c1-3-14-31-21-11-6-18(7-12-21)26-29-24(22-15-19(27)8-13-25(22)32-26)16-23(28-29)17-4-9-20(30-2)10-5-17/h4-13,15,24,26H,3,14,16H2,1-2H3/t24-,26-/m1/s1. The van der Waals surface area contributed by atoms with Crippen molar-refractivity contribution >= 4 is 21.6 Å². The Morgan fingerprint density at radius 3 is 2.50 bits per heavy atom. The molecule has 0 fully saturated rings. The van der Waals surface area contributed by atoms with Crippen LogP contribution in [0.3, 0.4) is 0 Å². The minimum Gasteiger partial charge on any atom is -0.497 e. The zero-order valence-electron chi connectivity index (χ0n) is 18.1. The van der Waals surface area contributed by atoms with Gasteiger partial charge in [-0.25, -0.2) is 5.01 Å². The lowest BCUT2D eigenvalue weighted by molar-refractivity contribution is -0.0191. The summed E-state index contributed by atoms with van der Waals surface area (Å²) in [4.78, 5) is 0. The second kappa shape index (κ2) is 8.87. The average molecular weight is 493 g/mol. The van der Waals surface area contributed by atoms with Crippen LogP contribution in [0.1, 0.15) is 48.7 Å². The topological polar surface area (TPSA) is 43.3 Å². The van der Waals surface area contributed by atoms with Crippen LogP contribution in [-0.2, 0) is 0 Å². The lowest BCUT2D eigenvalue weighted by Crippen LogP contribution is -2.33. The van der Waals surface area contributed by atoms with Crippen molar-refractivity contribution in [2.75, 3.05) is 13.7 Å². The van der Waals surface area contributed by atoms with Gasteiger partial charge in [0.05, 0.1) is 25.5 Å². The molecular formula is C26H25BrN2O3. The molecule has 6 heteroatoms. The fourth-order valence-electron chi connectivity index (χ4n) is 4.18. The summed E-state index contributed by atoms with van der Waals surface area (Å²) in [5.74, 6) is 2.61. The molecule has 2 aliphatic rings. The molecule has 2 aliphatic heterocycles. The van der Waals surface area contributed by atoms with Gasteiger partial charge in [0.25, 0.3) is 0 Å². The molecule has 0 saturated carbocycles. The highest BCUT2D eigenvalue weighted by atomic mass is 79.9. The van der Waals surface area contributed by atoms with Crippen molar-refractivity contribution in [2.24, 2.45) is 5.10 Å². The van der Waals surface area contributed by atoms with Crippen LogP contribution in [-0.4, -0.2) is 24.4 Å². The highest BCUT2D eigenvalue weighted by Crippen LogP contribution is 2.48. The molecule has 0 saturated heterocycles. The van der Waals surface area contributed by atoms with Gasteiger partial charge in [0, 0.05) is 22.0 Å². The highest BCUT2D eigenvalue weighted by Gasteiger charge is 2.41. The Labute approximate surface area is 196 Å². The minimum absolute atomic E-state index is 0.106. The van der Waals surface area contributed by atoms with Crippen LogP contribution in [0, 0.1) is 0 Å². The molecule has 0 unspecified atom stereocenters. The summed E-state index contributed by atoms with van der Waals surface area (Å²) in [6, 6.07) is 22.5. The van der Waals surface area contributed by atoms with Crippen LogP contribution in [0.2, 0.25) is 0 Å². The van der Waals surface area contributed by atoms with Gasteiger partial charge in [-0.1, -0.05) is 22.9 Å². The van der Waals surface area contributed by atoms with Gasteiger partial charge in [-0.05, 0) is 78.7 Å². The van der Waals surface area contributed by atoms with E-state index in [0.717, 1.165) is 57.0 Å². The van der Waals surface area contributed by atoms with Crippen LogP contribution in [0.25, 0.3) is 0 Å². The second-order valence-electron chi connectivity index (χ2n) is 7.94. The molecule has 0 amide bonds. The number of benzene rings is 3. The highest BCUT2D eigenvalue weighted by molar-refractivity contribution is 9.10. The lowest BCUT2D eigenvalue weighted by Gasteiger charge is -2.38. The van der Waals surface area contributed by atoms with Crippen LogP contribution in [0.5, 0.6) is 17.2 Å². The quantitative estimate of drug-likeness (QED) is 0.394. The minimum atomic E-state index is -0.301. The molecule has 0 N–H and O–H groups in total. The normalized spacial score (nSPS) is 19.0. The number of halogens is 1. The van der Waals surface area contributed by atoms with E-state index in [4.69, 9.17) is 19.3 Å². The summed E-state index contributed by atoms with van der Waals surface area (Å²) in [7, 11) is 1.68. The first-order chi connectivity index (χ1) is 15.7. The van der Waals surface area contributed by atoms with Crippen LogP contribution in [0.4, 0.5) is 0 Å². The molecule has 0 bridgehead atoms. The predicted molar refractivity (Wildman–Crippen MR) is 128 cm³/mol. The molecule has 2 atom stereocenters. The third-order valence-electron chi connectivity index (χ3n) is 5.81. The van der Waals surface area contributed by atoms with Gasteiger partial charge in [-0.15, -0.1) is 0 Å². The molecule has 3 aromatic carbocycles. The Morgan fingerprint density at radius 1 is 1.03 bits per heavy atom. The summed E-state index contributed by atoms with van der Waals surface area (Å²) >= 11 is 3.61. The zero-order chi connectivity index (χ0) is 22.1. The van der Waals surface area contributed by atoms with Crippen molar-refractivity contribution in [1.82, 2.24) is 5.01 Å². The van der Waals surface area contributed by atoms with Crippen molar-refractivity contribution in [3.63, 3.8) is 0 Å². The molecule has 0 aliphatic carbocycles. The molecule has 164 valence electrons. The smallest absolute Gasteiger partial charge is 0.213 e. The molecule has 32 heavy (non-hydrogen) atoms. The average Bonchev–Trinajstić information content (AvgIpc) is 3.29. The van der Waals surface area contributed by atoms with Gasteiger partial charge in [0.2, 0.25) is 6.23 Å². The summed E-state index contributed by atoms with van der Waals surface area (Å²) in [5, 5.41) is 7.13. The number of fused-ring (bicyclic) bond motifs is 3. The van der Waals surface area contributed by atoms with Crippen LogP contribution >= 0.6 is 15.9 Å². The third kappa shape index (κ3) is 3.95. The van der Waals surface area contributed by atoms with E-state index in [0.29, 0.717) is 6.61 Å². The first kappa shape index (κ1) is 20.9. The molecular weight excluding hydrogens is 468 g/mol. The van der Waals surface area contributed by atoms with Crippen LogP contribution < -0.4 is 14.2 Å². The van der Waals surface area contributed by atoms with E-state index >= 15 is 0 Å². The monoisotopic (exact) mass is 492 g/mol. The van der Waals surface area contributed by atoms with Crippen molar-refractivity contribution < 1.29 is 14.2 Å². The molecule has 0 radical (unpaired) electrons. The zero-order valence-corrected chi connectivity index (χ0v) is 19.7. The van der Waals surface area contributed by atoms with Gasteiger partial charge >= 0.3 is 0 Å². The maximum Gasteiger partial charge on any atom is 0.213 e. The number of ether oxygens (including phenoxy) is 3. The molecule has 3 aromatic rings. The molecule has 5 rings (SSSR count). The summed E-state index contributed by atoms with van der Waals surface area (Å²) < 4.78 is 18.6. The predicted octanol–water partition coefficient (Wildman–Crippen LogP) is 6.49. The number of hydrazone groups is 1. The van der Waals surface area contributed by atoms with Gasteiger partial charge in [-0.2, -0.15) is 5.10 Å². The Hall–Kier alpha value is -2.99. The van der Waals surface area contributed by atoms with Crippen molar-refractivity contribution in [3.05, 3.63) is 87.9 Å². The van der Waals surface area contributed by atoms with Crippen molar-refractivity contribution in [1.29, 1.82) is 0 Å². The number of hydrogen-bond donors (Lipinski definition) is 0. The molecule has 0 aromatic heterocycles. The fourth-order valence-corrected chi connectivity index (χ4v) is 4.56. The Morgan fingerprint density at radius 2 is 1.78 bits per heavy atom. The largest absolute Gasteiger partial charge is 0.497 e. The van der Waals surface area contributed by atoms with E-state index in [9.17, 15) is 0 Å². The first-order valence-corrected chi connectivity index (χ1v) is 11.6. The summed E-state index contributed by atoms with van der Waals surface area (Å²) in [6.07, 6.45) is 1.50. The van der Waals surface area contributed by atoms with Gasteiger partial charge in [-0.3, -0.25) is 0 Å². The number of nitrogens with zero attached hydrogens (tertiary/aromatic N) is 2.